The second kappa shape index (κ2) is 3.01. The Hall–Kier alpha value is -0.570. The smallest absolute Gasteiger partial charge is 0.251 e. The second-order valence-electron chi connectivity index (χ2n) is 2.96. The molecule has 3 heteroatoms. The van der Waals surface area contributed by atoms with Gasteiger partial charge in [-0.15, -0.1) is 0 Å². The quantitative estimate of drug-likeness (QED) is 0.572. The minimum Gasteiger partial charge on any atom is -0.363 e. The van der Waals surface area contributed by atoms with Crippen LogP contribution in [0.5, 0.6) is 0 Å². The normalized spacial score (nSPS) is 22.9. The Balaban J connectivity index is 2.06. The van der Waals surface area contributed by atoms with Crippen molar-refractivity contribution < 1.29 is 9.53 Å². The van der Waals surface area contributed by atoms with E-state index in [1.54, 1.807) is 0 Å². The van der Waals surface area contributed by atoms with Crippen LogP contribution in [0.3, 0.4) is 0 Å². The second-order valence-corrected chi connectivity index (χ2v) is 2.96. The van der Waals surface area contributed by atoms with Gasteiger partial charge >= 0.3 is 0 Å². The molecule has 0 aliphatic carbocycles. The number of hydrogen-bond acceptors (Lipinski definition) is 2. The number of carbonyl (C=O) groups excluding carboxylic acids is 1. The fourth-order valence-electron chi connectivity index (χ4n) is 0.618. The van der Waals surface area contributed by atoms with Crippen LogP contribution in [-0.4, -0.2) is 25.2 Å². The number of hydrogen-bond donors (Lipinski definition) is 1. The Bertz CT molecular complexity index is 130. The van der Waals surface area contributed by atoms with Crippen molar-refractivity contribution in [2.24, 2.45) is 5.92 Å². The van der Waals surface area contributed by atoms with Gasteiger partial charge in [0.25, 0.3) is 5.91 Å². The van der Waals surface area contributed by atoms with Crippen LogP contribution >= 0.6 is 0 Å². The molecule has 10 heavy (non-hydrogen) atoms. The lowest BCUT2D eigenvalue weighted by molar-refractivity contribution is -0.122. The topological polar surface area (TPSA) is 41.6 Å². The molecule has 3 nitrogen and oxygen atoms in total. The standard InChI is InChI=1S/C7H13NO2/c1-5(2)3-8-7(9)6-4-10-6/h5-6H,3-4H2,1-2H3,(H,8,9). The molecule has 58 valence electrons. The predicted octanol–water partition coefficient (Wildman–Crippen LogP) is 0.157. The van der Waals surface area contributed by atoms with Gasteiger partial charge in [-0.1, -0.05) is 13.8 Å². The number of epoxide rings is 1. The van der Waals surface area contributed by atoms with Crippen molar-refractivity contribution in [3.63, 3.8) is 0 Å². The molecule has 1 aliphatic heterocycles. The van der Waals surface area contributed by atoms with Crippen molar-refractivity contribution in [3.05, 3.63) is 0 Å². The average molecular weight is 143 g/mol. The fraction of sp³-hybridized carbons (Fsp3) is 0.857. The zero-order chi connectivity index (χ0) is 7.56. The number of carbonyl (C=O) groups is 1. The van der Waals surface area contributed by atoms with E-state index < -0.39 is 0 Å². The van der Waals surface area contributed by atoms with Crippen LogP contribution in [0, 0.1) is 5.92 Å². The minimum absolute atomic E-state index is 0.0358. The monoisotopic (exact) mass is 143 g/mol. The maximum atomic E-state index is 10.9. The van der Waals surface area contributed by atoms with Crippen molar-refractivity contribution in [3.8, 4) is 0 Å². The van der Waals surface area contributed by atoms with Crippen LogP contribution < -0.4 is 5.32 Å². The molecule has 0 aromatic rings. The maximum Gasteiger partial charge on any atom is 0.251 e. The summed E-state index contributed by atoms with van der Waals surface area (Å²) in [5.74, 6) is 0.552. The van der Waals surface area contributed by atoms with Gasteiger partial charge in [-0.3, -0.25) is 4.79 Å². The van der Waals surface area contributed by atoms with Gasteiger partial charge in [-0.2, -0.15) is 0 Å². The van der Waals surface area contributed by atoms with Gasteiger partial charge in [-0.25, -0.2) is 0 Å². The zero-order valence-electron chi connectivity index (χ0n) is 6.39. The Labute approximate surface area is 60.7 Å². The molecule has 0 aromatic carbocycles. The van der Waals surface area contributed by atoms with Crippen LogP contribution in [0.4, 0.5) is 0 Å². The Morgan fingerprint density at radius 1 is 1.80 bits per heavy atom. The summed E-state index contributed by atoms with van der Waals surface area (Å²) in [7, 11) is 0. The average Bonchev–Trinajstić information content (AvgIpc) is 2.63. The van der Waals surface area contributed by atoms with Crippen molar-refractivity contribution in [2.75, 3.05) is 13.2 Å². The van der Waals surface area contributed by atoms with Crippen LogP contribution in [0.15, 0.2) is 0 Å². The first-order valence-electron chi connectivity index (χ1n) is 3.59. The third-order valence-corrected chi connectivity index (χ3v) is 1.31. The Kier molecular flexibility index (Phi) is 2.27. The van der Waals surface area contributed by atoms with Gasteiger partial charge in [0.05, 0.1) is 6.61 Å². The first-order chi connectivity index (χ1) is 4.70. The van der Waals surface area contributed by atoms with E-state index in [2.05, 4.69) is 19.2 Å². The van der Waals surface area contributed by atoms with E-state index in [9.17, 15) is 4.79 Å². The molecule has 0 saturated carbocycles. The highest BCUT2D eigenvalue weighted by molar-refractivity contribution is 5.82. The van der Waals surface area contributed by atoms with E-state index in [1.807, 2.05) is 0 Å². The lowest BCUT2D eigenvalue weighted by Crippen LogP contribution is -2.30. The largest absolute Gasteiger partial charge is 0.363 e. The van der Waals surface area contributed by atoms with Gasteiger partial charge in [0.1, 0.15) is 0 Å². The van der Waals surface area contributed by atoms with Crippen LogP contribution in [-0.2, 0) is 9.53 Å². The summed E-state index contributed by atoms with van der Waals surface area (Å²) in [4.78, 5) is 10.9. The first-order valence-corrected chi connectivity index (χ1v) is 3.59. The predicted molar refractivity (Wildman–Crippen MR) is 37.6 cm³/mol. The molecule has 1 amide bonds. The lowest BCUT2D eigenvalue weighted by Gasteiger charge is -2.04. The highest BCUT2D eigenvalue weighted by Crippen LogP contribution is 2.07. The molecule has 1 heterocycles. The van der Waals surface area contributed by atoms with E-state index in [4.69, 9.17) is 4.74 Å². The third-order valence-electron chi connectivity index (χ3n) is 1.31. The van der Waals surface area contributed by atoms with E-state index in [1.165, 1.54) is 0 Å². The summed E-state index contributed by atoms with van der Waals surface area (Å²) in [6.07, 6.45) is -0.140. The zero-order valence-corrected chi connectivity index (χ0v) is 6.39. The van der Waals surface area contributed by atoms with E-state index in [0.29, 0.717) is 12.5 Å². The molecule has 0 bridgehead atoms. The van der Waals surface area contributed by atoms with Crippen molar-refractivity contribution in [1.29, 1.82) is 0 Å². The first kappa shape index (κ1) is 7.54. The van der Waals surface area contributed by atoms with Gasteiger partial charge < -0.3 is 10.1 Å². The van der Waals surface area contributed by atoms with Gasteiger partial charge in [-0.05, 0) is 5.92 Å². The number of nitrogens with one attached hydrogen (secondary N) is 1. The van der Waals surface area contributed by atoms with Crippen molar-refractivity contribution in [2.45, 2.75) is 20.0 Å². The van der Waals surface area contributed by atoms with Crippen LogP contribution in [0.1, 0.15) is 13.8 Å². The molecular weight excluding hydrogens is 130 g/mol. The molecule has 0 spiro atoms. The molecule has 1 atom stereocenters. The summed E-state index contributed by atoms with van der Waals surface area (Å²) in [6.45, 7) is 5.48. The third kappa shape index (κ3) is 2.35. The highest BCUT2D eigenvalue weighted by atomic mass is 16.6. The highest BCUT2D eigenvalue weighted by Gasteiger charge is 2.30. The molecule has 1 saturated heterocycles. The van der Waals surface area contributed by atoms with Crippen molar-refractivity contribution in [1.82, 2.24) is 5.32 Å². The summed E-state index contributed by atoms with van der Waals surface area (Å²) < 4.78 is 4.79. The van der Waals surface area contributed by atoms with Gasteiger partial charge in [0.15, 0.2) is 6.10 Å². The van der Waals surface area contributed by atoms with E-state index in [-0.39, 0.29) is 12.0 Å². The summed E-state index contributed by atoms with van der Waals surface area (Å²) in [5.41, 5.74) is 0. The molecule has 1 aliphatic rings. The molecule has 1 unspecified atom stereocenters. The van der Waals surface area contributed by atoms with Crippen LogP contribution in [0.2, 0.25) is 0 Å². The molecule has 1 rings (SSSR count). The maximum absolute atomic E-state index is 10.9. The SMILES string of the molecule is CC(C)CNC(=O)C1CO1. The van der Waals surface area contributed by atoms with Gasteiger partial charge in [0, 0.05) is 6.54 Å². The molecule has 0 aromatic heterocycles. The number of rotatable bonds is 3. The molecular formula is C7H13NO2. The lowest BCUT2D eigenvalue weighted by atomic mass is 10.2. The van der Waals surface area contributed by atoms with Crippen molar-refractivity contribution >= 4 is 5.91 Å². The Morgan fingerprint density at radius 3 is 2.80 bits per heavy atom. The summed E-state index contributed by atoms with van der Waals surface area (Å²) in [5, 5.41) is 2.78. The number of ether oxygens (including phenoxy) is 1. The molecule has 0 radical (unpaired) electrons. The van der Waals surface area contributed by atoms with Crippen LogP contribution in [0.25, 0.3) is 0 Å². The molecule has 1 fully saturated rings. The fourth-order valence-corrected chi connectivity index (χ4v) is 0.618. The number of amides is 1. The van der Waals surface area contributed by atoms with E-state index in [0.717, 1.165) is 6.54 Å². The Morgan fingerprint density at radius 2 is 2.40 bits per heavy atom. The summed E-state index contributed by atoms with van der Waals surface area (Å²) in [6, 6.07) is 0. The van der Waals surface area contributed by atoms with Gasteiger partial charge in [0.2, 0.25) is 0 Å². The summed E-state index contributed by atoms with van der Waals surface area (Å²) >= 11 is 0. The minimum atomic E-state index is -0.140. The molecule has 1 N–H and O–H groups in total. The van der Waals surface area contributed by atoms with E-state index >= 15 is 0 Å².